The molecular weight excluding hydrogens is 234 g/mol. The molecule has 1 aliphatic heterocycles. The van der Waals surface area contributed by atoms with Gasteiger partial charge >= 0.3 is 5.97 Å². The molecule has 0 bridgehead atoms. The van der Waals surface area contributed by atoms with Crippen molar-refractivity contribution in [1.29, 1.82) is 0 Å². The van der Waals surface area contributed by atoms with Gasteiger partial charge in [-0.15, -0.1) is 0 Å². The van der Waals surface area contributed by atoms with Gasteiger partial charge in [0.1, 0.15) is 5.82 Å². The number of aliphatic carboxylic acids is 1. The molecule has 2 rings (SSSR count). The molecule has 1 aliphatic rings. The van der Waals surface area contributed by atoms with Crippen molar-refractivity contribution in [2.24, 2.45) is 0 Å². The summed E-state index contributed by atoms with van der Waals surface area (Å²) < 4.78 is 0. The van der Waals surface area contributed by atoms with Crippen LogP contribution < -0.4 is 0 Å². The van der Waals surface area contributed by atoms with E-state index in [0.29, 0.717) is 6.54 Å². The van der Waals surface area contributed by atoms with Crippen molar-refractivity contribution in [2.45, 2.75) is 38.6 Å². The molecule has 0 saturated carbocycles. The minimum atomic E-state index is -0.937. The molecule has 2 heterocycles. The van der Waals surface area contributed by atoms with Crippen LogP contribution in [0.25, 0.3) is 0 Å². The van der Waals surface area contributed by atoms with Crippen molar-refractivity contribution in [1.82, 2.24) is 14.9 Å². The summed E-state index contributed by atoms with van der Waals surface area (Å²) in [6.45, 7) is 2.60. The third-order valence-electron chi connectivity index (χ3n) is 3.16. The topological polar surface area (TPSA) is 86.3 Å². The Morgan fingerprint density at radius 3 is 2.94 bits per heavy atom. The fourth-order valence-electron chi connectivity index (χ4n) is 2.31. The number of imidazole rings is 1. The van der Waals surface area contributed by atoms with E-state index in [1.54, 1.807) is 11.1 Å². The highest BCUT2D eigenvalue weighted by Crippen LogP contribution is 2.30. The van der Waals surface area contributed by atoms with Gasteiger partial charge in [0, 0.05) is 24.9 Å². The summed E-state index contributed by atoms with van der Waals surface area (Å²) in [5, 5.41) is 8.60. The first kappa shape index (κ1) is 12.6. The third kappa shape index (κ3) is 2.69. The molecule has 6 heteroatoms. The van der Waals surface area contributed by atoms with Crippen molar-refractivity contribution in [3.05, 3.63) is 17.7 Å². The molecule has 0 aromatic carbocycles. The van der Waals surface area contributed by atoms with Crippen LogP contribution in [0.15, 0.2) is 6.20 Å². The van der Waals surface area contributed by atoms with Gasteiger partial charge in [0.25, 0.3) is 0 Å². The molecule has 1 fully saturated rings. The average Bonchev–Trinajstić information content (AvgIpc) is 2.93. The molecule has 98 valence electrons. The summed E-state index contributed by atoms with van der Waals surface area (Å²) in [7, 11) is 0. The minimum absolute atomic E-state index is 0.0278. The molecule has 0 spiro atoms. The Morgan fingerprint density at radius 1 is 1.56 bits per heavy atom. The van der Waals surface area contributed by atoms with Crippen LogP contribution in [-0.2, 0) is 9.59 Å². The molecule has 1 aromatic heterocycles. The molecule has 0 unspecified atom stereocenters. The van der Waals surface area contributed by atoms with Crippen molar-refractivity contribution >= 4 is 11.9 Å². The second-order valence-electron chi connectivity index (χ2n) is 4.59. The lowest BCUT2D eigenvalue weighted by atomic mass is 10.2. The Hall–Kier alpha value is -1.85. The molecule has 6 nitrogen and oxygen atoms in total. The third-order valence-corrected chi connectivity index (χ3v) is 3.16. The van der Waals surface area contributed by atoms with Crippen molar-refractivity contribution in [3.63, 3.8) is 0 Å². The number of hydrogen-bond acceptors (Lipinski definition) is 3. The van der Waals surface area contributed by atoms with Crippen LogP contribution in [0.1, 0.15) is 43.2 Å². The number of nitrogens with zero attached hydrogens (tertiary/aromatic N) is 2. The smallest absolute Gasteiger partial charge is 0.303 e. The summed E-state index contributed by atoms with van der Waals surface area (Å²) in [4.78, 5) is 31.6. The van der Waals surface area contributed by atoms with E-state index in [0.717, 1.165) is 24.4 Å². The number of nitrogens with one attached hydrogen (secondary N) is 1. The van der Waals surface area contributed by atoms with Crippen molar-refractivity contribution in [2.75, 3.05) is 6.54 Å². The zero-order valence-electron chi connectivity index (χ0n) is 10.3. The number of amides is 1. The van der Waals surface area contributed by atoms with E-state index in [-0.39, 0.29) is 24.8 Å². The number of carboxylic acids is 1. The lowest BCUT2D eigenvalue weighted by Gasteiger charge is -2.23. The number of H-pyrrole nitrogens is 1. The Labute approximate surface area is 105 Å². The lowest BCUT2D eigenvalue weighted by molar-refractivity contribution is -0.141. The molecule has 0 radical (unpaired) electrons. The van der Waals surface area contributed by atoms with Gasteiger partial charge in [-0.1, -0.05) is 0 Å². The number of carboxylic acid groups (broad SMARTS) is 1. The number of likely N-dealkylation sites (tertiary alicyclic amines) is 1. The van der Waals surface area contributed by atoms with Gasteiger partial charge in [0.2, 0.25) is 5.91 Å². The average molecular weight is 251 g/mol. The number of carbonyl (C=O) groups is 2. The fourth-order valence-corrected chi connectivity index (χ4v) is 2.31. The van der Waals surface area contributed by atoms with E-state index in [1.165, 1.54) is 0 Å². The van der Waals surface area contributed by atoms with Crippen LogP contribution in [0.2, 0.25) is 0 Å². The highest BCUT2D eigenvalue weighted by atomic mass is 16.4. The second kappa shape index (κ2) is 5.20. The summed E-state index contributed by atoms with van der Waals surface area (Å²) >= 11 is 0. The summed E-state index contributed by atoms with van der Waals surface area (Å²) in [5.41, 5.74) is 0.967. The first-order valence-electron chi connectivity index (χ1n) is 6.10. The van der Waals surface area contributed by atoms with Crippen LogP contribution >= 0.6 is 0 Å². The van der Waals surface area contributed by atoms with E-state index < -0.39 is 5.97 Å². The first-order valence-corrected chi connectivity index (χ1v) is 6.10. The van der Waals surface area contributed by atoms with Gasteiger partial charge in [-0.2, -0.15) is 0 Å². The molecular formula is C12H17N3O3. The van der Waals surface area contributed by atoms with Crippen LogP contribution in [0.3, 0.4) is 0 Å². The highest BCUT2D eigenvalue weighted by molar-refractivity contribution is 5.81. The van der Waals surface area contributed by atoms with Gasteiger partial charge in [-0.05, 0) is 19.8 Å². The quantitative estimate of drug-likeness (QED) is 0.843. The van der Waals surface area contributed by atoms with Crippen LogP contribution in [0, 0.1) is 6.92 Å². The summed E-state index contributed by atoms with van der Waals surface area (Å²) in [5.74, 6) is -0.240. The monoisotopic (exact) mass is 251 g/mol. The zero-order chi connectivity index (χ0) is 13.1. The molecule has 18 heavy (non-hydrogen) atoms. The van der Waals surface area contributed by atoms with E-state index in [2.05, 4.69) is 9.97 Å². The van der Waals surface area contributed by atoms with Gasteiger partial charge in [-0.25, -0.2) is 4.98 Å². The predicted octanol–water partition coefficient (Wildman–Crippen LogP) is 1.25. The largest absolute Gasteiger partial charge is 0.481 e. The number of aromatic nitrogens is 2. The maximum Gasteiger partial charge on any atom is 0.303 e. The minimum Gasteiger partial charge on any atom is -0.481 e. The number of rotatable bonds is 4. The molecule has 1 saturated heterocycles. The predicted molar refractivity (Wildman–Crippen MR) is 63.9 cm³/mol. The van der Waals surface area contributed by atoms with Gasteiger partial charge in [0.15, 0.2) is 0 Å². The highest BCUT2D eigenvalue weighted by Gasteiger charge is 2.31. The molecule has 2 N–H and O–H groups in total. The maximum absolute atomic E-state index is 12.0. The zero-order valence-corrected chi connectivity index (χ0v) is 10.3. The Kier molecular flexibility index (Phi) is 3.64. The van der Waals surface area contributed by atoms with Crippen molar-refractivity contribution < 1.29 is 14.7 Å². The molecule has 1 atom stereocenters. The summed E-state index contributed by atoms with van der Waals surface area (Å²) in [6, 6.07) is -0.0278. The van der Waals surface area contributed by atoms with Gasteiger partial charge in [-0.3, -0.25) is 9.59 Å². The number of carbonyl (C=O) groups excluding carboxylic acids is 1. The maximum atomic E-state index is 12.0. The normalized spacial score (nSPS) is 19.2. The molecule has 1 amide bonds. The van der Waals surface area contributed by atoms with E-state index >= 15 is 0 Å². The Balaban J connectivity index is 2.03. The Bertz CT molecular complexity index is 455. The van der Waals surface area contributed by atoms with E-state index in [1.807, 2.05) is 6.92 Å². The summed E-state index contributed by atoms with van der Waals surface area (Å²) in [6.07, 6.45) is 3.51. The van der Waals surface area contributed by atoms with Gasteiger partial charge < -0.3 is 15.0 Å². The first-order chi connectivity index (χ1) is 8.58. The van der Waals surface area contributed by atoms with E-state index in [9.17, 15) is 9.59 Å². The number of aromatic amines is 1. The lowest BCUT2D eigenvalue weighted by Crippen LogP contribution is -2.31. The SMILES string of the molecule is Cc1cnc([C@@H]2CCCN2C(=O)CCC(=O)O)[nH]1. The van der Waals surface area contributed by atoms with Crippen molar-refractivity contribution in [3.8, 4) is 0 Å². The Morgan fingerprint density at radius 2 is 2.33 bits per heavy atom. The molecule has 0 aliphatic carbocycles. The van der Waals surface area contributed by atoms with Crippen LogP contribution in [0.5, 0.6) is 0 Å². The standard InChI is InChI=1S/C12H17N3O3/c1-8-7-13-12(14-8)9-3-2-6-15(9)10(16)4-5-11(17)18/h7,9H,2-6H2,1H3,(H,13,14)(H,17,18)/t9-/m0/s1. The second-order valence-corrected chi connectivity index (χ2v) is 4.59. The number of aryl methyl sites for hydroxylation is 1. The van der Waals surface area contributed by atoms with Crippen LogP contribution in [-0.4, -0.2) is 38.4 Å². The van der Waals surface area contributed by atoms with Crippen LogP contribution in [0.4, 0.5) is 0 Å². The van der Waals surface area contributed by atoms with Gasteiger partial charge in [0.05, 0.1) is 12.5 Å². The van der Waals surface area contributed by atoms with E-state index in [4.69, 9.17) is 5.11 Å². The fraction of sp³-hybridized carbons (Fsp3) is 0.583. The number of hydrogen-bond donors (Lipinski definition) is 2. The molecule has 1 aromatic rings.